The van der Waals surface area contributed by atoms with E-state index in [-0.39, 0.29) is 0 Å². The molecule has 0 N–H and O–H groups in total. The van der Waals surface area contributed by atoms with E-state index in [0.717, 1.165) is 17.1 Å². The Bertz CT molecular complexity index is 2830. The van der Waals surface area contributed by atoms with Crippen molar-refractivity contribution in [2.45, 2.75) is 5.41 Å². The van der Waals surface area contributed by atoms with Gasteiger partial charge in [0.25, 0.3) is 0 Å². The largest absolute Gasteiger partial charge is 0.310 e. The molecule has 0 heterocycles. The summed E-state index contributed by atoms with van der Waals surface area (Å²) in [4.78, 5) is 2.40. The lowest BCUT2D eigenvalue weighted by molar-refractivity contribution is 0.794. The average Bonchev–Trinajstić information content (AvgIpc) is 3.75. The molecule has 2 aliphatic carbocycles. The topological polar surface area (TPSA) is 3.24 Å². The molecule has 0 amide bonds. The molecule has 2 aliphatic rings. The molecule has 11 rings (SSSR count). The summed E-state index contributed by atoms with van der Waals surface area (Å²) in [5.41, 5.74) is 20.8. The molecule has 0 bridgehead atoms. The maximum atomic E-state index is 2.48. The fourth-order valence-corrected chi connectivity index (χ4v) is 9.49. The van der Waals surface area contributed by atoms with Crippen molar-refractivity contribution in [3.05, 3.63) is 247 Å². The van der Waals surface area contributed by atoms with Crippen LogP contribution in [0.15, 0.2) is 224 Å². The molecule has 0 radical (unpaired) electrons. The Morgan fingerprint density at radius 3 is 1.29 bits per heavy atom. The van der Waals surface area contributed by atoms with Crippen molar-refractivity contribution in [3.8, 4) is 55.6 Å². The Kier molecular flexibility index (Phi) is 7.47. The van der Waals surface area contributed by atoms with Crippen LogP contribution in [-0.2, 0) is 5.41 Å². The van der Waals surface area contributed by atoms with Crippen molar-refractivity contribution in [1.82, 2.24) is 0 Å². The molecule has 1 nitrogen and oxygen atoms in total. The van der Waals surface area contributed by atoms with E-state index in [2.05, 4.69) is 229 Å². The van der Waals surface area contributed by atoms with E-state index < -0.39 is 5.41 Å². The molecule has 0 saturated carbocycles. The molecule has 0 atom stereocenters. The standard InChI is InChI=1S/C55H37N/c1-4-15-38(16-5-1)40-27-29-42(30-28-40)46-23-14-26-52-54(46)49-36-35-45(37-53(49)55(52)50-24-12-10-21-47(50)48-22-11-13-25-51(48)55)56(43-19-8-3-9-20-43)44-33-31-41(32-34-44)39-17-6-2-7-18-39/h1-37H. The number of anilines is 3. The first kappa shape index (κ1) is 32.2. The normalized spacial score (nSPS) is 12.8. The molecule has 0 unspecified atom stereocenters. The van der Waals surface area contributed by atoms with Gasteiger partial charge in [-0.15, -0.1) is 0 Å². The van der Waals surface area contributed by atoms with Gasteiger partial charge in [0.1, 0.15) is 0 Å². The SMILES string of the molecule is c1ccc(-c2ccc(-c3cccc4c3-c3ccc(N(c5ccccc5)c5ccc(-c6ccccc6)cc5)cc3C43c4ccccc4-c4ccccc43)cc2)cc1. The van der Waals surface area contributed by atoms with Crippen LogP contribution in [0.2, 0.25) is 0 Å². The minimum Gasteiger partial charge on any atom is -0.310 e. The highest BCUT2D eigenvalue weighted by Crippen LogP contribution is 2.64. The zero-order chi connectivity index (χ0) is 37.1. The van der Waals surface area contributed by atoms with Crippen LogP contribution in [0.3, 0.4) is 0 Å². The number of rotatable bonds is 6. The van der Waals surface area contributed by atoms with Crippen molar-refractivity contribution < 1.29 is 0 Å². The van der Waals surface area contributed by atoms with E-state index in [1.54, 1.807) is 0 Å². The van der Waals surface area contributed by atoms with Gasteiger partial charge in [0.15, 0.2) is 0 Å². The summed E-state index contributed by atoms with van der Waals surface area (Å²) >= 11 is 0. The van der Waals surface area contributed by atoms with E-state index in [9.17, 15) is 0 Å². The fraction of sp³-hybridized carbons (Fsp3) is 0.0182. The molecule has 1 spiro atoms. The van der Waals surface area contributed by atoms with Crippen molar-refractivity contribution in [2.75, 3.05) is 4.90 Å². The number of nitrogens with zero attached hydrogens (tertiary/aromatic N) is 1. The van der Waals surface area contributed by atoms with E-state index in [1.807, 2.05) is 0 Å². The summed E-state index contributed by atoms with van der Waals surface area (Å²) in [6.07, 6.45) is 0. The van der Waals surface area contributed by atoms with Crippen LogP contribution < -0.4 is 4.90 Å². The van der Waals surface area contributed by atoms with Crippen molar-refractivity contribution >= 4 is 17.1 Å². The summed E-state index contributed by atoms with van der Waals surface area (Å²) in [5, 5.41) is 0. The summed E-state index contributed by atoms with van der Waals surface area (Å²) in [7, 11) is 0. The van der Waals surface area contributed by atoms with Gasteiger partial charge in [0.05, 0.1) is 5.41 Å². The molecular weight excluding hydrogens is 675 g/mol. The third-order valence-corrected chi connectivity index (χ3v) is 11.9. The lowest BCUT2D eigenvalue weighted by atomic mass is 9.70. The molecule has 1 heteroatoms. The highest BCUT2D eigenvalue weighted by Gasteiger charge is 2.52. The first-order valence-electron chi connectivity index (χ1n) is 19.4. The molecule has 9 aromatic rings. The van der Waals surface area contributed by atoms with Crippen LogP contribution in [0, 0.1) is 0 Å². The van der Waals surface area contributed by atoms with Crippen molar-refractivity contribution in [2.24, 2.45) is 0 Å². The van der Waals surface area contributed by atoms with Crippen LogP contribution in [0.1, 0.15) is 22.3 Å². The second-order valence-electron chi connectivity index (χ2n) is 14.8. The monoisotopic (exact) mass is 711 g/mol. The zero-order valence-corrected chi connectivity index (χ0v) is 30.8. The molecule has 9 aromatic carbocycles. The van der Waals surface area contributed by atoms with Crippen LogP contribution in [0.25, 0.3) is 55.6 Å². The van der Waals surface area contributed by atoms with Gasteiger partial charge in [0.2, 0.25) is 0 Å². The zero-order valence-electron chi connectivity index (χ0n) is 30.8. The summed E-state index contributed by atoms with van der Waals surface area (Å²) in [6, 6.07) is 82.4. The van der Waals surface area contributed by atoms with Gasteiger partial charge in [-0.2, -0.15) is 0 Å². The average molecular weight is 712 g/mol. The summed E-state index contributed by atoms with van der Waals surface area (Å²) < 4.78 is 0. The van der Waals surface area contributed by atoms with Crippen LogP contribution in [-0.4, -0.2) is 0 Å². The second-order valence-corrected chi connectivity index (χ2v) is 14.8. The van der Waals surface area contributed by atoms with E-state index in [4.69, 9.17) is 0 Å². The molecular formula is C55H37N. The summed E-state index contributed by atoms with van der Waals surface area (Å²) in [5.74, 6) is 0. The highest BCUT2D eigenvalue weighted by atomic mass is 15.1. The van der Waals surface area contributed by atoms with Gasteiger partial charge in [-0.05, 0) is 114 Å². The van der Waals surface area contributed by atoms with E-state index >= 15 is 0 Å². The first-order chi connectivity index (χ1) is 27.8. The quantitative estimate of drug-likeness (QED) is 0.166. The number of para-hydroxylation sites is 1. The van der Waals surface area contributed by atoms with Crippen LogP contribution in [0.4, 0.5) is 17.1 Å². The third-order valence-electron chi connectivity index (χ3n) is 11.9. The van der Waals surface area contributed by atoms with E-state index in [1.165, 1.54) is 77.9 Å². The number of benzene rings is 9. The highest BCUT2D eigenvalue weighted by molar-refractivity contribution is 6.01. The Balaban J connectivity index is 1.14. The van der Waals surface area contributed by atoms with Gasteiger partial charge in [-0.25, -0.2) is 0 Å². The Morgan fingerprint density at radius 2 is 0.679 bits per heavy atom. The van der Waals surface area contributed by atoms with Crippen molar-refractivity contribution in [3.63, 3.8) is 0 Å². The van der Waals surface area contributed by atoms with Gasteiger partial charge in [-0.1, -0.05) is 188 Å². The lowest BCUT2D eigenvalue weighted by Gasteiger charge is -2.32. The second kappa shape index (κ2) is 13.0. The minimum atomic E-state index is -0.479. The number of hydrogen-bond donors (Lipinski definition) is 0. The third kappa shape index (κ3) is 4.88. The van der Waals surface area contributed by atoms with Crippen LogP contribution in [0.5, 0.6) is 0 Å². The van der Waals surface area contributed by atoms with Crippen LogP contribution >= 0.6 is 0 Å². The molecule has 0 aromatic heterocycles. The number of fused-ring (bicyclic) bond motifs is 10. The first-order valence-corrected chi connectivity index (χ1v) is 19.4. The molecule has 0 fully saturated rings. The smallest absolute Gasteiger partial charge is 0.0726 e. The molecule has 0 saturated heterocycles. The number of hydrogen-bond acceptors (Lipinski definition) is 1. The van der Waals surface area contributed by atoms with Gasteiger partial charge >= 0.3 is 0 Å². The Labute approximate surface area is 328 Å². The summed E-state index contributed by atoms with van der Waals surface area (Å²) in [6.45, 7) is 0. The minimum absolute atomic E-state index is 0.479. The van der Waals surface area contributed by atoms with Gasteiger partial charge in [0, 0.05) is 17.1 Å². The van der Waals surface area contributed by atoms with E-state index in [0.29, 0.717) is 0 Å². The molecule has 0 aliphatic heterocycles. The fourth-order valence-electron chi connectivity index (χ4n) is 9.49. The molecule has 262 valence electrons. The van der Waals surface area contributed by atoms with Gasteiger partial charge in [-0.3, -0.25) is 0 Å². The maximum Gasteiger partial charge on any atom is 0.0726 e. The predicted molar refractivity (Wildman–Crippen MR) is 234 cm³/mol. The van der Waals surface area contributed by atoms with Gasteiger partial charge < -0.3 is 4.90 Å². The lowest BCUT2D eigenvalue weighted by Crippen LogP contribution is -2.26. The maximum absolute atomic E-state index is 2.48. The Morgan fingerprint density at radius 1 is 0.250 bits per heavy atom. The van der Waals surface area contributed by atoms with Crippen molar-refractivity contribution in [1.29, 1.82) is 0 Å². The predicted octanol–water partition coefficient (Wildman–Crippen LogP) is 14.5. The molecule has 56 heavy (non-hydrogen) atoms. The Hall–Kier alpha value is -7.22.